The fourth-order valence-corrected chi connectivity index (χ4v) is 5.20. The van der Waals surface area contributed by atoms with Gasteiger partial charge in [0, 0.05) is 22.5 Å². The first-order chi connectivity index (χ1) is 9.67. The second kappa shape index (κ2) is 5.76. The van der Waals surface area contributed by atoms with Crippen LogP contribution in [0, 0.1) is 11.7 Å². The normalized spacial score (nSPS) is 29.0. The number of carbonyl (C=O) groups excluding carboxylic acids is 1. The van der Waals surface area contributed by atoms with Gasteiger partial charge in [-0.3, -0.25) is 4.79 Å². The average Bonchev–Trinajstić information content (AvgIpc) is 2.46. The third kappa shape index (κ3) is 2.71. The van der Waals surface area contributed by atoms with Crippen molar-refractivity contribution in [3.63, 3.8) is 0 Å². The van der Waals surface area contributed by atoms with E-state index >= 15 is 0 Å². The van der Waals surface area contributed by atoms with Gasteiger partial charge in [-0.15, -0.1) is 0 Å². The van der Waals surface area contributed by atoms with Crippen molar-refractivity contribution < 1.29 is 13.9 Å². The molecule has 4 heteroatoms. The van der Waals surface area contributed by atoms with Gasteiger partial charge in [-0.25, -0.2) is 4.39 Å². The van der Waals surface area contributed by atoms with Crippen molar-refractivity contribution in [3.05, 3.63) is 29.6 Å². The monoisotopic (exact) mass is 294 g/mol. The Morgan fingerprint density at radius 3 is 2.65 bits per heavy atom. The number of ketones is 1. The molecule has 0 radical (unpaired) electrons. The Labute approximate surface area is 123 Å². The molecule has 0 N–H and O–H groups in total. The van der Waals surface area contributed by atoms with Gasteiger partial charge >= 0.3 is 0 Å². The van der Waals surface area contributed by atoms with Gasteiger partial charge in [-0.1, -0.05) is 6.42 Å². The molecule has 0 aromatic heterocycles. The number of fused-ring (bicyclic) bond motifs is 2. The van der Waals surface area contributed by atoms with Crippen molar-refractivity contribution >= 4 is 17.5 Å². The van der Waals surface area contributed by atoms with Crippen molar-refractivity contribution in [2.24, 2.45) is 5.92 Å². The molecular weight excluding hydrogens is 275 g/mol. The van der Waals surface area contributed by atoms with E-state index in [0.29, 0.717) is 21.8 Å². The first-order valence-corrected chi connectivity index (χ1v) is 8.15. The number of Topliss-reactive ketones (excluding diaryl/α,β-unsaturated/α-hetero) is 1. The summed E-state index contributed by atoms with van der Waals surface area (Å²) in [7, 11) is 1.48. The zero-order valence-corrected chi connectivity index (χ0v) is 12.4. The summed E-state index contributed by atoms with van der Waals surface area (Å²) >= 11 is 2.06. The van der Waals surface area contributed by atoms with Crippen LogP contribution in [0.15, 0.2) is 18.2 Å². The van der Waals surface area contributed by atoms with Gasteiger partial charge in [-0.05, 0) is 37.8 Å². The maximum atomic E-state index is 13.2. The Bertz CT molecular complexity index is 505. The highest BCUT2D eigenvalue weighted by Gasteiger charge is 2.36. The van der Waals surface area contributed by atoms with Crippen LogP contribution in [-0.4, -0.2) is 23.4 Å². The van der Waals surface area contributed by atoms with E-state index in [9.17, 15) is 9.18 Å². The molecule has 3 rings (SSSR count). The Kier molecular flexibility index (Phi) is 4.01. The molecule has 2 aliphatic heterocycles. The van der Waals surface area contributed by atoms with E-state index in [4.69, 9.17) is 4.74 Å². The number of methoxy groups -OCH3 is 1. The maximum absolute atomic E-state index is 13.2. The van der Waals surface area contributed by atoms with Crippen LogP contribution in [0.1, 0.15) is 42.5 Å². The van der Waals surface area contributed by atoms with Crippen molar-refractivity contribution in [1.82, 2.24) is 0 Å². The highest BCUT2D eigenvalue weighted by molar-refractivity contribution is 8.00. The zero-order valence-electron chi connectivity index (χ0n) is 11.6. The lowest BCUT2D eigenvalue weighted by Crippen LogP contribution is -2.33. The molecule has 2 fully saturated rings. The summed E-state index contributed by atoms with van der Waals surface area (Å²) in [5, 5.41) is 1.26. The Morgan fingerprint density at radius 2 is 2.00 bits per heavy atom. The first kappa shape index (κ1) is 13.9. The van der Waals surface area contributed by atoms with Crippen LogP contribution in [0.3, 0.4) is 0 Å². The minimum atomic E-state index is -0.366. The van der Waals surface area contributed by atoms with E-state index in [1.165, 1.54) is 38.5 Å². The molecule has 2 unspecified atom stereocenters. The molecule has 2 bridgehead atoms. The first-order valence-electron chi connectivity index (χ1n) is 7.20. The number of rotatable bonds is 3. The summed E-state index contributed by atoms with van der Waals surface area (Å²) in [6, 6.07) is 4.20. The van der Waals surface area contributed by atoms with E-state index in [0.717, 1.165) is 12.8 Å². The van der Waals surface area contributed by atoms with Crippen LogP contribution in [0.4, 0.5) is 4.39 Å². The predicted octanol–water partition coefficient (Wildman–Crippen LogP) is 4.08. The van der Waals surface area contributed by atoms with Gasteiger partial charge in [0.05, 0.1) is 12.7 Å². The van der Waals surface area contributed by atoms with E-state index in [2.05, 4.69) is 11.8 Å². The van der Waals surface area contributed by atoms with Crippen LogP contribution in [-0.2, 0) is 0 Å². The summed E-state index contributed by atoms with van der Waals surface area (Å²) in [6.45, 7) is 0. The number of thioether (sulfide) groups is 1. The lowest BCUT2D eigenvalue weighted by molar-refractivity contribution is 0.0893. The maximum Gasteiger partial charge on any atom is 0.169 e. The number of halogens is 1. The molecule has 20 heavy (non-hydrogen) atoms. The summed E-state index contributed by atoms with van der Waals surface area (Å²) in [5.74, 6) is 0.192. The van der Waals surface area contributed by atoms with E-state index in [1.807, 2.05) is 0 Å². The zero-order chi connectivity index (χ0) is 14.1. The van der Waals surface area contributed by atoms with Crippen molar-refractivity contribution in [3.8, 4) is 5.75 Å². The highest BCUT2D eigenvalue weighted by Crippen LogP contribution is 2.45. The van der Waals surface area contributed by atoms with Gasteiger partial charge in [0.1, 0.15) is 11.6 Å². The molecule has 0 saturated carbocycles. The summed E-state index contributed by atoms with van der Waals surface area (Å²) in [4.78, 5) is 12.7. The van der Waals surface area contributed by atoms with E-state index < -0.39 is 0 Å². The molecule has 1 aromatic carbocycles. The highest BCUT2D eigenvalue weighted by atomic mass is 32.2. The third-order valence-electron chi connectivity index (χ3n) is 4.33. The average molecular weight is 294 g/mol. The molecule has 0 spiro atoms. The SMILES string of the molecule is COc1cc(F)ccc1C(=O)C1CC2CCCC(C1)S2. The smallest absolute Gasteiger partial charge is 0.169 e. The lowest BCUT2D eigenvalue weighted by Gasteiger charge is -2.38. The molecule has 0 amide bonds. The van der Waals surface area contributed by atoms with Crippen LogP contribution in [0.25, 0.3) is 0 Å². The number of ether oxygens (including phenoxy) is 1. The Balaban J connectivity index is 1.82. The van der Waals surface area contributed by atoms with Gasteiger partial charge in [0.2, 0.25) is 0 Å². The number of benzene rings is 1. The van der Waals surface area contributed by atoms with Crippen molar-refractivity contribution in [2.45, 2.75) is 42.6 Å². The molecule has 2 saturated heterocycles. The van der Waals surface area contributed by atoms with Crippen molar-refractivity contribution in [2.75, 3.05) is 7.11 Å². The number of hydrogen-bond acceptors (Lipinski definition) is 3. The third-order valence-corrected chi connectivity index (χ3v) is 5.96. The molecule has 2 aliphatic rings. The standard InChI is InChI=1S/C16H19FO2S/c1-19-15-9-11(17)5-6-14(15)16(18)10-7-12-3-2-4-13(8-10)20-12/h5-6,9-10,12-13H,2-4,7-8H2,1H3. The van der Waals surface area contributed by atoms with E-state index in [1.54, 1.807) is 6.07 Å². The van der Waals surface area contributed by atoms with Gasteiger partial charge in [0.25, 0.3) is 0 Å². The Hall–Kier alpha value is -1.03. The lowest BCUT2D eigenvalue weighted by atomic mass is 9.84. The fourth-order valence-electron chi connectivity index (χ4n) is 3.36. The van der Waals surface area contributed by atoms with Crippen molar-refractivity contribution in [1.29, 1.82) is 0 Å². The molecule has 0 aliphatic carbocycles. The van der Waals surface area contributed by atoms with Crippen LogP contribution >= 0.6 is 11.8 Å². The molecule has 1 aromatic rings. The largest absolute Gasteiger partial charge is 0.496 e. The molecule has 108 valence electrons. The summed E-state index contributed by atoms with van der Waals surface area (Å²) in [6.07, 6.45) is 5.67. The van der Waals surface area contributed by atoms with Crippen LogP contribution in [0.5, 0.6) is 5.75 Å². The van der Waals surface area contributed by atoms with Gasteiger partial charge < -0.3 is 4.74 Å². The quantitative estimate of drug-likeness (QED) is 0.786. The molecule has 2 heterocycles. The number of hydrogen-bond donors (Lipinski definition) is 0. The van der Waals surface area contributed by atoms with Gasteiger partial charge in [-0.2, -0.15) is 11.8 Å². The minimum Gasteiger partial charge on any atom is -0.496 e. The molecule has 2 nitrogen and oxygen atoms in total. The number of carbonyl (C=O) groups is 1. The topological polar surface area (TPSA) is 26.3 Å². The predicted molar refractivity (Wildman–Crippen MR) is 79.0 cm³/mol. The molecular formula is C16H19FO2S. The summed E-state index contributed by atoms with van der Waals surface area (Å²) < 4.78 is 18.4. The second-order valence-corrected chi connectivity index (χ2v) is 7.29. The van der Waals surface area contributed by atoms with Crippen LogP contribution in [0.2, 0.25) is 0 Å². The van der Waals surface area contributed by atoms with E-state index in [-0.39, 0.29) is 17.5 Å². The fraction of sp³-hybridized carbons (Fsp3) is 0.562. The Morgan fingerprint density at radius 1 is 1.30 bits per heavy atom. The van der Waals surface area contributed by atoms with Crippen LogP contribution < -0.4 is 4.74 Å². The summed E-state index contributed by atoms with van der Waals surface area (Å²) in [5.41, 5.74) is 0.531. The minimum absolute atomic E-state index is 0.0749. The molecule has 2 atom stereocenters. The van der Waals surface area contributed by atoms with Gasteiger partial charge in [0.15, 0.2) is 5.78 Å². The second-order valence-electron chi connectivity index (χ2n) is 5.69.